The van der Waals surface area contributed by atoms with Gasteiger partial charge >= 0.3 is 0 Å². The Balaban J connectivity index is 1.87. The van der Waals surface area contributed by atoms with Crippen LogP contribution in [0.4, 0.5) is 5.69 Å². The van der Waals surface area contributed by atoms with Crippen LogP contribution in [0.5, 0.6) is 0 Å². The lowest BCUT2D eigenvalue weighted by atomic mass is 9.87. The summed E-state index contributed by atoms with van der Waals surface area (Å²) >= 11 is 0. The fourth-order valence-electron chi connectivity index (χ4n) is 3.09. The zero-order chi connectivity index (χ0) is 16.0. The second-order valence-corrected chi connectivity index (χ2v) is 8.35. The van der Waals surface area contributed by atoms with E-state index in [9.17, 15) is 8.42 Å². The largest absolute Gasteiger partial charge is 0.385 e. The summed E-state index contributed by atoms with van der Waals surface area (Å²) in [5.74, 6) is 0.732. The van der Waals surface area contributed by atoms with E-state index >= 15 is 0 Å². The summed E-state index contributed by atoms with van der Waals surface area (Å²) in [5.41, 5.74) is 1.80. The van der Waals surface area contributed by atoms with Crippen molar-refractivity contribution in [3.8, 4) is 0 Å². The summed E-state index contributed by atoms with van der Waals surface area (Å²) < 4.78 is 28.7. The number of hydrogen-bond acceptors (Lipinski definition) is 4. The maximum Gasteiger partial charge on any atom is 0.151 e. The molecule has 124 valence electrons. The van der Waals surface area contributed by atoms with E-state index in [2.05, 4.69) is 5.32 Å². The van der Waals surface area contributed by atoms with Gasteiger partial charge in [-0.05, 0) is 50.2 Å². The molecule has 4 nitrogen and oxygen atoms in total. The van der Waals surface area contributed by atoms with E-state index in [1.165, 1.54) is 19.1 Å². The van der Waals surface area contributed by atoms with Gasteiger partial charge in [-0.3, -0.25) is 0 Å². The highest BCUT2D eigenvalue weighted by Gasteiger charge is 2.21. The lowest BCUT2D eigenvalue weighted by molar-refractivity contribution is 0.0271. The molecular formula is C17H27NO3S. The first-order valence-electron chi connectivity index (χ1n) is 8.09. The molecule has 0 atom stereocenters. The molecule has 1 fully saturated rings. The molecule has 1 N–H and O–H groups in total. The number of rotatable bonds is 7. The van der Waals surface area contributed by atoms with Crippen LogP contribution >= 0.6 is 0 Å². The number of benzene rings is 1. The number of hydrogen-bond donors (Lipinski definition) is 1. The zero-order valence-corrected chi connectivity index (χ0v) is 14.4. The Bertz CT molecular complexity index is 563. The Morgan fingerprint density at radius 3 is 2.50 bits per heavy atom. The Kier molecular flexibility index (Phi) is 6.26. The van der Waals surface area contributed by atoms with Crippen molar-refractivity contribution in [1.29, 1.82) is 0 Å². The predicted molar refractivity (Wildman–Crippen MR) is 90.9 cm³/mol. The molecule has 1 aliphatic rings. The van der Waals surface area contributed by atoms with Crippen molar-refractivity contribution in [3.05, 3.63) is 29.8 Å². The fourth-order valence-corrected chi connectivity index (χ4v) is 3.91. The van der Waals surface area contributed by atoms with E-state index in [4.69, 9.17) is 4.74 Å². The minimum atomic E-state index is -3.01. The predicted octanol–water partition coefficient (Wildman–Crippen LogP) is 3.24. The van der Waals surface area contributed by atoms with Gasteiger partial charge in [0.1, 0.15) is 0 Å². The Morgan fingerprint density at radius 1 is 1.18 bits per heavy atom. The fraction of sp³-hybridized carbons (Fsp3) is 0.647. The lowest BCUT2D eigenvalue weighted by Gasteiger charge is -2.28. The summed E-state index contributed by atoms with van der Waals surface area (Å²) in [4.78, 5) is 0. The van der Waals surface area contributed by atoms with Gasteiger partial charge in [0.15, 0.2) is 9.84 Å². The van der Waals surface area contributed by atoms with Crippen molar-refractivity contribution < 1.29 is 13.2 Å². The quantitative estimate of drug-likeness (QED) is 0.836. The van der Waals surface area contributed by atoms with Crippen LogP contribution in [0.15, 0.2) is 24.3 Å². The molecule has 1 aliphatic carbocycles. The molecule has 0 aromatic heterocycles. The van der Waals surface area contributed by atoms with Crippen molar-refractivity contribution in [3.63, 3.8) is 0 Å². The number of sulfone groups is 1. The van der Waals surface area contributed by atoms with Gasteiger partial charge in [0.05, 0.1) is 11.9 Å². The van der Waals surface area contributed by atoms with Crippen molar-refractivity contribution in [2.24, 2.45) is 5.92 Å². The Labute approximate surface area is 134 Å². The normalized spacial score (nSPS) is 22.5. The van der Waals surface area contributed by atoms with E-state index in [1.807, 2.05) is 31.2 Å². The number of para-hydroxylation sites is 1. The molecule has 0 amide bonds. The molecule has 5 heteroatoms. The van der Waals surface area contributed by atoms with Crippen LogP contribution < -0.4 is 5.32 Å². The van der Waals surface area contributed by atoms with E-state index in [1.54, 1.807) is 0 Å². The van der Waals surface area contributed by atoms with Crippen molar-refractivity contribution in [2.75, 3.05) is 24.7 Å². The molecule has 1 saturated carbocycles. The first-order chi connectivity index (χ1) is 10.5. The van der Waals surface area contributed by atoms with Crippen LogP contribution in [-0.2, 0) is 20.3 Å². The molecule has 0 heterocycles. The molecule has 0 spiro atoms. The van der Waals surface area contributed by atoms with Gasteiger partial charge in [0.2, 0.25) is 0 Å². The smallest absolute Gasteiger partial charge is 0.151 e. The van der Waals surface area contributed by atoms with Gasteiger partial charge in [0, 0.05) is 25.1 Å². The molecule has 0 radical (unpaired) electrons. The van der Waals surface area contributed by atoms with Crippen LogP contribution in [0.25, 0.3) is 0 Å². The van der Waals surface area contributed by atoms with Gasteiger partial charge in [-0.15, -0.1) is 0 Å². The molecule has 0 saturated heterocycles. The standard InChI is InChI=1S/C17H27NO3S/c1-3-21-16-10-8-14(9-11-16)12-18-17-7-5-4-6-15(17)13-22(2,19)20/h4-7,14,16,18H,3,8-13H2,1-2H3. The highest BCUT2D eigenvalue weighted by Crippen LogP contribution is 2.27. The topological polar surface area (TPSA) is 55.4 Å². The third-order valence-electron chi connectivity index (χ3n) is 4.21. The molecule has 0 bridgehead atoms. The van der Waals surface area contributed by atoms with Crippen molar-refractivity contribution in [1.82, 2.24) is 0 Å². The third-order valence-corrected chi connectivity index (χ3v) is 5.05. The molecule has 0 unspecified atom stereocenters. The molecular weight excluding hydrogens is 298 g/mol. The number of anilines is 1. The molecule has 0 aliphatic heterocycles. The number of ether oxygens (including phenoxy) is 1. The van der Waals surface area contributed by atoms with Crippen LogP contribution in [0.3, 0.4) is 0 Å². The lowest BCUT2D eigenvalue weighted by Crippen LogP contribution is -2.25. The van der Waals surface area contributed by atoms with Gasteiger partial charge < -0.3 is 10.1 Å². The van der Waals surface area contributed by atoms with Gasteiger partial charge in [-0.25, -0.2) is 8.42 Å². The highest BCUT2D eigenvalue weighted by atomic mass is 32.2. The van der Waals surface area contributed by atoms with Crippen molar-refractivity contribution >= 4 is 15.5 Å². The second kappa shape index (κ2) is 7.97. The minimum Gasteiger partial charge on any atom is -0.385 e. The first kappa shape index (κ1) is 17.3. The minimum absolute atomic E-state index is 0.0905. The first-order valence-corrected chi connectivity index (χ1v) is 10.1. The summed E-state index contributed by atoms with van der Waals surface area (Å²) in [7, 11) is -3.01. The number of nitrogens with one attached hydrogen (secondary N) is 1. The van der Waals surface area contributed by atoms with Crippen molar-refractivity contribution in [2.45, 2.75) is 44.5 Å². The molecule has 22 heavy (non-hydrogen) atoms. The molecule has 2 rings (SSSR count). The Hall–Kier alpha value is -1.07. The SMILES string of the molecule is CCOC1CCC(CNc2ccccc2CS(C)(=O)=O)CC1. The van der Waals surface area contributed by atoms with Crippen LogP contribution in [-0.4, -0.2) is 33.9 Å². The van der Waals surface area contributed by atoms with E-state index in [0.717, 1.165) is 37.2 Å². The van der Waals surface area contributed by atoms with Gasteiger partial charge in [-0.1, -0.05) is 18.2 Å². The van der Waals surface area contributed by atoms with Crippen LogP contribution in [0.2, 0.25) is 0 Å². The maximum atomic E-state index is 11.5. The molecule has 1 aromatic carbocycles. The second-order valence-electron chi connectivity index (χ2n) is 6.21. The van der Waals surface area contributed by atoms with Gasteiger partial charge in [-0.2, -0.15) is 0 Å². The van der Waals surface area contributed by atoms with Crippen LogP contribution in [0.1, 0.15) is 38.2 Å². The van der Waals surface area contributed by atoms with E-state index < -0.39 is 9.84 Å². The summed E-state index contributed by atoms with van der Waals surface area (Å²) in [6.07, 6.45) is 6.31. The summed E-state index contributed by atoms with van der Waals surface area (Å²) in [6.45, 7) is 3.75. The monoisotopic (exact) mass is 325 g/mol. The average molecular weight is 325 g/mol. The molecule has 1 aromatic rings. The Morgan fingerprint density at radius 2 is 1.86 bits per heavy atom. The highest BCUT2D eigenvalue weighted by molar-refractivity contribution is 7.89. The third kappa shape index (κ3) is 5.61. The van der Waals surface area contributed by atoms with Gasteiger partial charge in [0.25, 0.3) is 0 Å². The van der Waals surface area contributed by atoms with E-state index in [0.29, 0.717) is 12.0 Å². The van der Waals surface area contributed by atoms with Crippen LogP contribution in [0, 0.1) is 5.92 Å². The van der Waals surface area contributed by atoms with E-state index in [-0.39, 0.29) is 5.75 Å². The summed E-state index contributed by atoms with van der Waals surface area (Å²) in [6, 6.07) is 7.68. The maximum absolute atomic E-state index is 11.5. The average Bonchev–Trinajstić information content (AvgIpc) is 2.47. The zero-order valence-electron chi connectivity index (χ0n) is 13.5. The summed E-state index contributed by atoms with van der Waals surface area (Å²) in [5, 5.41) is 3.45.